The van der Waals surface area contributed by atoms with Crippen LogP contribution in [0.3, 0.4) is 0 Å². The molecule has 2 heterocycles. The molecule has 0 bridgehead atoms. The van der Waals surface area contributed by atoms with E-state index in [0.29, 0.717) is 12.2 Å². The predicted molar refractivity (Wildman–Crippen MR) is 81.2 cm³/mol. The van der Waals surface area contributed by atoms with Gasteiger partial charge in [-0.25, -0.2) is 9.78 Å². The largest absolute Gasteiger partial charge is 0.456 e. The zero-order chi connectivity index (χ0) is 15.9. The summed E-state index contributed by atoms with van der Waals surface area (Å²) in [6.07, 6.45) is 3.63. The van der Waals surface area contributed by atoms with Crippen LogP contribution in [0.5, 0.6) is 0 Å². The van der Waals surface area contributed by atoms with Crippen LogP contribution < -0.4 is 0 Å². The first kappa shape index (κ1) is 12.4. The Labute approximate surface area is 130 Å². The minimum absolute atomic E-state index is 0.254. The van der Waals surface area contributed by atoms with Crippen molar-refractivity contribution in [2.75, 3.05) is 6.54 Å². The number of nitrogens with zero attached hydrogens (tertiary/aromatic N) is 3. The molecule has 0 N–H and O–H groups in total. The van der Waals surface area contributed by atoms with E-state index in [1.165, 1.54) is 0 Å². The average molecular weight is 298 g/mol. The molecule has 5 nitrogen and oxygen atoms in total. The van der Waals surface area contributed by atoms with Gasteiger partial charge in [0.15, 0.2) is 5.69 Å². The van der Waals surface area contributed by atoms with E-state index in [1.54, 1.807) is 6.20 Å². The minimum atomic E-state index is -0.398. The number of hydrogen-bond donors (Lipinski definition) is 0. The maximum absolute atomic E-state index is 12.2. The van der Waals surface area contributed by atoms with Gasteiger partial charge in [-0.2, -0.15) is 0 Å². The lowest BCUT2D eigenvalue weighted by molar-refractivity contribution is 0.0466. The van der Waals surface area contributed by atoms with E-state index in [1.807, 2.05) is 34.9 Å². The van der Waals surface area contributed by atoms with Crippen molar-refractivity contribution in [3.8, 4) is 0 Å². The molecule has 2 aromatic rings. The normalized spacial score (nSPS) is 20.1. The van der Waals surface area contributed by atoms with E-state index in [2.05, 4.69) is 9.88 Å². The lowest BCUT2D eigenvalue weighted by atomic mass is 10.2. The van der Waals surface area contributed by atoms with Gasteiger partial charge in [-0.3, -0.25) is 4.90 Å². The molecule has 0 radical (unpaired) electrons. The van der Waals surface area contributed by atoms with Crippen molar-refractivity contribution in [3.63, 3.8) is 0 Å². The second-order valence-electron chi connectivity index (χ2n) is 5.79. The van der Waals surface area contributed by atoms with Crippen molar-refractivity contribution in [2.24, 2.45) is 0 Å². The first-order valence-corrected chi connectivity index (χ1v) is 7.66. The quantitative estimate of drug-likeness (QED) is 0.812. The Kier molecular flexibility index (Phi) is 3.14. The van der Waals surface area contributed by atoms with Crippen LogP contribution >= 0.6 is 0 Å². The first-order valence-electron chi connectivity index (χ1n) is 8.16. The Hall–Kier alpha value is -2.14. The molecule has 1 fully saturated rings. The second kappa shape index (κ2) is 5.57. The van der Waals surface area contributed by atoms with Crippen LogP contribution in [-0.2, 0) is 24.4 Å². The van der Waals surface area contributed by atoms with Gasteiger partial charge in [-0.15, -0.1) is 0 Å². The standard InChI is InChI=1S/C17H19N3O2/c21-17(22-12-13-4-2-1-3-5-13)15-10-20-9-8-19(14-6-7-14)11-16(20)18-15/h1-5,10,14H,6-9,11-12H2/i14D. The molecule has 22 heavy (non-hydrogen) atoms. The summed E-state index contributed by atoms with van der Waals surface area (Å²) in [6.45, 7) is 2.50. The lowest BCUT2D eigenvalue weighted by Gasteiger charge is -2.27. The van der Waals surface area contributed by atoms with Crippen LogP contribution in [0.2, 0.25) is 0 Å². The Morgan fingerprint density at radius 3 is 2.91 bits per heavy atom. The molecule has 1 saturated carbocycles. The Bertz CT molecular complexity index is 725. The van der Waals surface area contributed by atoms with Gasteiger partial charge < -0.3 is 9.30 Å². The zero-order valence-electron chi connectivity index (χ0n) is 13.4. The highest BCUT2D eigenvalue weighted by Gasteiger charge is 2.32. The van der Waals surface area contributed by atoms with Crippen molar-refractivity contribution in [1.29, 1.82) is 0 Å². The number of benzene rings is 1. The molecular formula is C17H19N3O2. The van der Waals surface area contributed by atoms with E-state index in [4.69, 9.17) is 6.11 Å². The van der Waals surface area contributed by atoms with E-state index in [-0.39, 0.29) is 6.61 Å². The lowest BCUT2D eigenvalue weighted by Crippen LogP contribution is -2.35. The summed E-state index contributed by atoms with van der Waals surface area (Å²) < 4.78 is 15.6. The fraction of sp³-hybridized carbons (Fsp3) is 0.412. The summed E-state index contributed by atoms with van der Waals surface area (Å²) in [6, 6.07) is 9.22. The third kappa shape index (κ3) is 2.76. The van der Waals surface area contributed by atoms with E-state index < -0.39 is 12.0 Å². The van der Waals surface area contributed by atoms with Gasteiger partial charge in [0.25, 0.3) is 0 Å². The highest BCUT2D eigenvalue weighted by molar-refractivity contribution is 5.87. The Morgan fingerprint density at radius 2 is 2.14 bits per heavy atom. The molecule has 2 aliphatic rings. The molecular weight excluding hydrogens is 278 g/mol. The number of fused-ring (bicyclic) bond motifs is 1. The fourth-order valence-corrected chi connectivity index (χ4v) is 2.79. The monoisotopic (exact) mass is 298 g/mol. The topological polar surface area (TPSA) is 47.4 Å². The summed E-state index contributed by atoms with van der Waals surface area (Å²) in [5.41, 5.74) is 1.31. The molecule has 114 valence electrons. The molecule has 1 aromatic heterocycles. The first-order chi connectivity index (χ1) is 11.1. The van der Waals surface area contributed by atoms with E-state index >= 15 is 0 Å². The van der Waals surface area contributed by atoms with Crippen LogP contribution in [0.25, 0.3) is 0 Å². The van der Waals surface area contributed by atoms with Crippen LogP contribution in [0.15, 0.2) is 36.5 Å². The van der Waals surface area contributed by atoms with Crippen molar-refractivity contribution in [2.45, 2.75) is 38.6 Å². The van der Waals surface area contributed by atoms with Gasteiger partial charge in [0.2, 0.25) is 0 Å². The second-order valence-corrected chi connectivity index (χ2v) is 5.79. The molecule has 1 aliphatic carbocycles. The van der Waals surface area contributed by atoms with E-state index in [9.17, 15) is 4.79 Å². The third-order valence-electron chi connectivity index (χ3n) is 4.14. The average Bonchev–Trinajstić information content (AvgIpc) is 3.19. The van der Waals surface area contributed by atoms with Gasteiger partial charge in [-0.1, -0.05) is 30.3 Å². The van der Waals surface area contributed by atoms with Crippen LogP contribution in [0, 0.1) is 0 Å². The zero-order valence-corrected chi connectivity index (χ0v) is 12.4. The number of carbonyl (C=O) groups excluding carboxylic acids is 1. The van der Waals surface area contributed by atoms with Gasteiger partial charge >= 0.3 is 5.97 Å². The summed E-state index contributed by atoms with van der Waals surface area (Å²) in [7, 11) is 0. The van der Waals surface area contributed by atoms with Gasteiger partial charge in [0.05, 0.1) is 6.54 Å². The minimum Gasteiger partial charge on any atom is -0.456 e. The highest BCUT2D eigenvalue weighted by atomic mass is 16.5. The molecule has 1 aromatic carbocycles. The Morgan fingerprint density at radius 1 is 1.32 bits per heavy atom. The van der Waals surface area contributed by atoms with Crippen LogP contribution in [0.4, 0.5) is 0 Å². The molecule has 0 saturated heterocycles. The Balaban J connectivity index is 1.42. The van der Waals surface area contributed by atoms with E-state index in [0.717, 1.165) is 37.3 Å². The van der Waals surface area contributed by atoms with Crippen molar-refractivity contribution >= 4 is 5.97 Å². The maximum atomic E-state index is 12.2. The smallest absolute Gasteiger partial charge is 0.358 e. The van der Waals surface area contributed by atoms with Gasteiger partial charge in [-0.05, 0) is 18.4 Å². The number of ether oxygens (including phenoxy) is 1. The summed E-state index contributed by atoms with van der Waals surface area (Å²) >= 11 is 0. The number of hydrogen-bond acceptors (Lipinski definition) is 4. The fourth-order valence-electron chi connectivity index (χ4n) is 2.79. The third-order valence-corrected chi connectivity index (χ3v) is 4.14. The molecule has 0 amide bonds. The number of esters is 1. The van der Waals surface area contributed by atoms with Crippen molar-refractivity contribution in [1.82, 2.24) is 14.5 Å². The summed E-state index contributed by atoms with van der Waals surface area (Å²) in [4.78, 5) is 18.7. The number of rotatable bonds is 4. The predicted octanol–water partition coefficient (Wildman–Crippen LogP) is 2.22. The summed E-state index contributed by atoms with van der Waals surface area (Å²) in [5.74, 6) is 0.454. The molecule has 5 heteroatoms. The highest BCUT2D eigenvalue weighted by Crippen LogP contribution is 2.29. The molecule has 4 rings (SSSR count). The SMILES string of the molecule is [2H]C1(N2CCn3cc(C(=O)OCc4ccccc4)nc3C2)CC1. The number of aromatic nitrogens is 2. The van der Waals surface area contributed by atoms with Crippen molar-refractivity contribution < 1.29 is 10.9 Å². The number of carbonyl (C=O) groups is 1. The summed E-state index contributed by atoms with van der Waals surface area (Å²) in [5, 5.41) is 0. The van der Waals surface area contributed by atoms with Crippen LogP contribution in [0.1, 0.15) is 36.1 Å². The van der Waals surface area contributed by atoms with Crippen LogP contribution in [-0.4, -0.2) is 33.0 Å². The number of imidazole rings is 1. The molecule has 0 spiro atoms. The molecule has 0 atom stereocenters. The van der Waals surface area contributed by atoms with Crippen molar-refractivity contribution in [3.05, 3.63) is 53.6 Å². The van der Waals surface area contributed by atoms with Gasteiger partial charge in [0.1, 0.15) is 12.4 Å². The molecule has 0 unspecified atom stereocenters. The maximum Gasteiger partial charge on any atom is 0.358 e. The van der Waals surface area contributed by atoms with Gasteiger partial charge in [0, 0.05) is 26.7 Å². The molecule has 1 aliphatic heterocycles.